The summed E-state index contributed by atoms with van der Waals surface area (Å²) in [6, 6.07) is 4.18. The van der Waals surface area contributed by atoms with Crippen LogP contribution in [0, 0.1) is 13.8 Å². The lowest BCUT2D eigenvalue weighted by molar-refractivity contribution is -0.908. The number of hydrogen-bond donors (Lipinski definition) is 2. The molecular weight excluding hydrogens is 518 g/mol. The number of aromatic nitrogens is 1. The molecule has 0 aliphatic carbocycles. The molecule has 0 spiro atoms. The van der Waals surface area contributed by atoms with Crippen LogP contribution in [-0.2, 0) is 19.1 Å². The highest BCUT2D eigenvalue weighted by molar-refractivity contribution is 6.46. The van der Waals surface area contributed by atoms with Crippen molar-refractivity contribution in [2.75, 3.05) is 60.2 Å². The molecule has 0 radical (unpaired) electrons. The third-order valence-corrected chi connectivity index (χ3v) is 7.53. The highest BCUT2D eigenvalue weighted by Crippen LogP contribution is 2.45. The number of quaternary nitrogens is 1. The van der Waals surface area contributed by atoms with E-state index in [0.29, 0.717) is 48.0 Å². The number of esters is 1. The number of benzene rings is 1. The van der Waals surface area contributed by atoms with Gasteiger partial charge in [-0.2, -0.15) is 0 Å². The van der Waals surface area contributed by atoms with E-state index in [4.69, 9.17) is 18.9 Å². The van der Waals surface area contributed by atoms with Crippen LogP contribution in [0.5, 0.6) is 11.5 Å². The number of methoxy groups -OCH3 is 2. The summed E-state index contributed by atoms with van der Waals surface area (Å²) >= 11 is 0. The van der Waals surface area contributed by atoms with Gasteiger partial charge in [0.05, 0.1) is 46.6 Å². The predicted molar refractivity (Wildman–Crippen MR) is 143 cm³/mol. The van der Waals surface area contributed by atoms with Crippen molar-refractivity contribution in [3.05, 3.63) is 51.9 Å². The smallest absolute Gasteiger partial charge is 0.355 e. The zero-order valence-corrected chi connectivity index (χ0v) is 23.7. The Morgan fingerprint density at radius 3 is 2.55 bits per heavy atom. The van der Waals surface area contributed by atoms with Crippen LogP contribution in [0.3, 0.4) is 0 Å². The first-order valence-electron chi connectivity index (χ1n) is 13.5. The van der Waals surface area contributed by atoms with Crippen LogP contribution in [0.15, 0.2) is 23.8 Å². The maximum atomic E-state index is 14.1. The fourth-order valence-corrected chi connectivity index (χ4v) is 5.59. The Morgan fingerprint density at radius 2 is 1.90 bits per heavy atom. The van der Waals surface area contributed by atoms with E-state index in [1.54, 1.807) is 39.0 Å². The zero-order valence-electron chi connectivity index (χ0n) is 23.7. The molecule has 0 saturated carbocycles. The molecule has 1 aromatic carbocycles. The molecule has 1 aromatic heterocycles. The Kier molecular flexibility index (Phi) is 9.16. The SMILES string of the molecule is CCOC(=O)c1[nH]c(C)c(C([O-])=C2C(=O)C(=O)N(CCC[NH+]3CCOCC3)C2c2cccc(OC)c2OC)c1C. The molecule has 4 rings (SSSR count). The molecule has 2 fully saturated rings. The molecule has 3 heterocycles. The summed E-state index contributed by atoms with van der Waals surface area (Å²) in [5.74, 6) is -2.07. The number of hydrogen-bond acceptors (Lipinski definition) is 8. The summed E-state index contributed by atoms with van der Waals surface area (Å²) in [6.07, 6.45) is 0.633. The molecule has 1 amide bonds. The van der Waals surface area contributed by atoms with E-state index in [1.165, 1.54) is 24.0 Å². The average Bonchev–Trinajstić information content (AvgIpc) is 3.39. The van der Waals surface area contributed by atoms with Crippen molar-refractivity contribution in [2.24, 2.45) is 0 Å². The van der Waals surface area contributed by atoms with E-state index in [0.717, 1.165) is 19.6 Å². The van der Waals surface area contributed by atoms with Gasteiger partial charge in [-0.3, -0.25) is 9.59 Å². The summed E-state index contributed by atoms with van der Waals surface area (Å²) in [5, 5.41) is 14.1. The molecule has 11 nitrogen and oxygen atoms in total. The lowest BCUT2D eigenvalue weighted by Gasteiger charge is -2.30. The third kappa shape index (κ3) is 5.44. The largest absolute Gasteiger partial charge is 0.872 e. The molecule has 11 heteroatoms. The van der Waals surface area contributed by atoms with Gasteiger partial charge >= 0.3 is 5.97 Å². The third-order valence-electron chi connectivity index (χ3n) is 7.53. The van der Waals surface area contributed by atoms with E-state index in [9.17, 15) is 19.5 Å². The molecular formula is C29H37N3O8. The van der Waals surface area contributed by atoms with Crippen molar-refractivity contribution >= 4 is 23.4 Å². The number of para-hydroxylation sites is 1. The van der Waals surface area contributed by atoms with Crippen molar-refractivity contribution in [2.45, 2.75) is 33.2 Å². The monoisotopic (exact) mass is 555 g/mol. The fraction of sp³-hybridized carbons (Fsp3) is 0.483. The van der Waals surface area contributed by atoms with Gasteiger partial charge in [0.25, 0.3) is 5.91 Å². The minimum absolute atomic E-state index is 0.140. The van der Waals surface area contributed by atoms with Gasteiger partial charge in [0.1, 0.15) is 18.8 Å². The summed E-state index contributed by atoms with van der Waals surface area (Å²) in [7, 11) is 2.97. The first-order chi connectivity index (χ1) is 19.2. The number of Topliss-reactive ketones (excluding diaryl/α,β-unsaturated/α-hetero) is 1. The lowest BCUT2D eigenvalue weighted by Crippen LogP contribution is -3.14. The molecule has 2 aromatic rings. The molecule has 2 N–H and O–H groups in total. The lowest BCUT2D eigenvalue weighted by atomic mass is 9.93. The van der Waals surface area contributed by atoms with E-state index >= 15 is 0 Å². The highest BCUT2D eigenvalue weighted by Gasteiger charge is 2.46. The van der Waals surface area contributed by atoms with Gasteiger partial charge in [-0.1, -0.05) is 17.9 Å². The molecule has 1 atom stereocenters. The van der Waals surface area contributed by atoms with E-state index in [2.05, 4.69) is 4.98 Å². The Bertz CT molecular complexity index is 1310. The minimum atomic E-state index is -0.989. The van der Waals surface area contributed by atoms with Gasteiger partial charge in [0.15, 0.2) is 11.5 Å². The number of likely N-dealkylation sites (tertiary alicyclic amines) is 1. The first kappa shape index (κ1) is 29.2. The molecule has 2 saturated heterocycles. The van der Waals surface area contributed by atoms with Crippen LogP contribution in [0.25, 0.3) is 5.76 Å². The molecule has 2 aliphatic heterocycles. The van der Waals surface area contributed by atoms with Crippen LogP contribution in [-0.4, -0.2) is 87.8 Å². The quantitative estimate of drug-likeness (QED) is 0.186. The Balaban J connectivity index is 1.82. The van der Waals surface area contributed by atoms with Crippen LogP contribution in [0.4, 0.5) is 0 Å². The number of carbonyl (C=O) groups is 3. The zero-order chi connectivity index (χ0) is 29.0. The number of ether oxygens (including phenoxy) is 4. The topological polar surface area (TPSA) is 135 Å². The maximum absolute atomic E-state index is 14.1. The van der Waals surface area contributed by atoms with E-state index in [-0.39, 0.29) is 30.0 Å². The molecule has 1 unspecified atom stereocenters. The number of rotatable bonds is 10. The van der Waals surface area contributed by atoms with Crippen molar-refractivity contribution in [3.63, 3.8) is 0 Å². The standard InChI is InChI=1S/C29H37N3O8/c1-6-40-29(36)23-17(2)21(18(3)30-23)25(33)22-24(19-9-7-10-20(37-4)27(19)38-5)32(28(35)26(22)34)12-8-11-31-13-15-39-16-14-31/h7,9-10,24,30,33H,6,8,11-16H2,1-5H3. The Hall–Kier alpha value is -3.83. The number of nitrogens with zero attached hydrogens (tertiary/aromatic N) is 1. The van der Waals surface area contributed by atoms with Crippen LogP contribution < -0.4 is 19.5 Å². The Labute approximate surface area is 233 Å². The number of ketones is 1. The fourth-order valence-electron chi connectivity index (χ4n) is 5.59. The number of aryl methyl sites for hydroxylation is 1. The van der Waals surface area contributed by atoms with Crippen molar-refractivity contribution < 1.29 is 43.3 Å². The van der Waals surface area contributed by atoms with Crippen molar-refractivity contribution in [1.82, 2.24) is 9.88 Å². The van der Waals surface area contributed by atoms with Crippen molar-refractivity contribution in [1.29, 1.82) is 0 Å². The summed E-state index contributed by atoms with van der Waals surface area (Å²) < 4.78 is 21.7. The number of morpholine rings is 1. The second-order valence-corrected chi connectivity index (χ2v) is 9.87. The second-order valence-electron chi connectivity index (χ2n) is 9.87. The van der Waals surface area contributed by atoms with E-state index in [1.807, 2.05) is 0 Å². The van der Waals surface area contributed by atoms with Gasteiger partial charge in [-0.25, -0.2) is 4.79 Å². The number of aromatic amines is 1. The normalized spacial score (nSPS) is 19.2. The molecule has 0 bridgehead atoms. The van der Waals surface area contributed by atoms with Gasteiger partial charge in [0, 0.05) is 29.8 Å². The summed E-state index contributed by atoms with van der Waals surface area (Å²) in [4.78, 5) is 45.3. The second kappa shape index (κ2) is 12.6. The molecule has 2 aliphatic rings. The summed E-state index contributed by atoms with van der Waals surface area (Å²) in [5.41, 5.74) is 1.37. The Morgan fingerprint density at radius 1 is 1.18 bits per heavy atom. The predicted octanol–water partition coefficient (Wildman–Crippen LogP) is 0.355. The van der Waals surface area contributed by atoms with Crippen LogP contribution in [0.1, 0.15) is 52.3 Å². The van der Waals surface area contributed by atoms with Gasteiger partial charge in [-0.15, -0.1) is 0 Å². The van der Waals surface area contributed by atoms with Gasteiger partial charge in [0.2, 0.25) is 5.78 Å². The van der Waals surface area contributed by atoms with Crippen molar-refractivity contribution in [3.8, 4) is 11.5 Å². The first-order valence-corrected chi connectivity index (χ1v) is 13.5. The number of H-pyrrole nitrogens is 1. The number of nitrogens with one attached hydrogen (secondary N) is 2. The van der Waals surface area contributed by atoms with Crippen LogP contribution >= 0.6 is 0 Å². The maximum Gasteiger partial charge on any atom is 0.355 e. The van der Waals surface area contributed by atoms with E-state index < -0.39 is 29.5 Å². The van der Waals surface area contributed by atoms with Gasteiger partial charge in [-0.05, 0) is 38.0 Å². The molecule has 216 valence electrons. The van der Waals surface area contributed by atoms with Gasteiger partial charge < -0.3 is 38.8 Å². The average molecular weight is 556 g/mol. The minimum Gasteiger partial charge on any atom is -0.872 e. The highest BCUT2D eigenvalue weighted by atomic mass is 16.5. The van der Waals surface area contributed by atoms with Crippen LogP contribution in [0.2, 0.25) is 0 Å². The summed E-state index contributed by atoms with van der Waals surface area (Å²) in [6.45, 7) is 9.34. The molecule has 40 heavy (non-hydrogen) atoms. The number of carbonyl (C=O) groups excluding carboxylic acids is 3. The number of amides is 1.